The molecule has 1 aliphatic rings. The molecule has 3 aromatic rings. The van der Waals surface area contributed by atoms with Gasteiger partial charge in [-0.1, -0.05) is 6.07 Å². The van der Waals surface area contributed by atoms with Crippen molar-refractivity contribution >= 4 is 11.6 Å². The first-order chi connectivity index (χ1) is 15.3. The number of alkyl halides is 3. The average molecular weight is 445 g/mol. The van der Waals surface area contributed by atoms with Crippen LogP contribution in [-0.4, -0.2) is 58.9 Å². The SMILES string of the molecule is CN1CCN(Cc2ccc(NC(=O)c3ccc(-c4cncnc4)o3)cc2C(F)(F)F)CC1. The van der Waals surface area contributed by atoms with Crippen LogP contribution in [0, 0.1) is 0 Å². The third-order valence-corrected chi connectivity index (χ3v) is 5.34. The standard InChI is InChI=1S/C22H22F3N5O2/c1-29-6-8-30(9-7-29)13-15-2-3-17(10-18(15)22(23,24)25)28-21(31)20-5-4-19(32-20)16-11-26-14-27-12-16/h2-5,10-12,14H,6-9,13H2,1H3,(H,28,31). The number of carbonyl (C=O) groups is 1. The van der Waals surface area contributed by atoms with Gasteiger partial charge in [0.15, 0.2) is 5.76 Å². The van der Waals surface area contributed by atoms with Crippen LogP contribution >= 0.6 is 0 Å². The highest BCUT2D eigenvalue weighted by Crippen LogP contribution is 2.35. The van der Waals surface area contributed by atoms with Crippen LogP contribution in [0.4, 0.5) is 18.9 Å². The molecule has 0 aliphatic carbocycles. The molecule has 1 amide bonds. The third-order valence-electron chi connectivity index (χ3n) is 5.34. The number of amides is 1. The Morgan fingerprint density at radius 3 is 2.50 bits per heavy atom. The largest absolute Gasteiger partial charge is 0.451 e. The van der Waals surface area contributed by atoms with E-state index < -0.39 is 17.6 Å². The summed E-state index contributed by atoms with van der Waals surface area (Å²) < 4.78 is 46.7. The highest BCUT2D eigenvalue weighted by atomic mass is 19.4. The Morgan fingerprint density at radius 1 is 1.09 bits per heavy atom. The van der Waals surface area contributed by atoms with Crippen molar-refractivity contribution in [3.63, 3.8) is 0 Å². The highest BCUT2D eigenvalue weighted by molar-refractivity contribution is 6.02. The Labute approximate surface area is 182 Å². The number of piperazine rings is 1. The number of nitrogens with one attached hydrogen (secondary N) is 1. The van der Waals surface area contributed by atoms with Crippen LogP contribution in [0.15, 0.2) is 53.5 Å². The van der Waals surface area contributed by atoms with E-state index in [0.717, 1.165) is 19.2 Å². The van der Waals surface area contributed by atoms with E-state index in [2.05, 4.69) is 20.2 Å². The normalized spacial score (nSPS) is 15.6. The minimum Gasteiger partial charge on any atom is -0.451 e. The van der Waals surface area contributed by atoms with Crippen molar-refractivity contribution in [3.8, 4) is 11.3 Å². The number of benzene rings is 1. The average Bonchev–Trinajstić information content (AvgIpc) is 3.27. The fourth-order valence-corrected chi connectivity index (χ4v) is 3.54. The van der Waals surface area contributed by atoms with Gasteiger partial charge < -0.3 is 14.6 Å². The van der Waals surface area contributed by atoms with Gasteiger partial charge in [0.05, 0.1) is 11.1 Å². The van der Waals surface area contributed by atoms with Crippen molar-refractivity contribution in [2.24, 2.45) is 0 Å². The lowest BCUT2D eigenvalue weighted by molar-refractivity contribution is -0.138. The smallest absolute Gasteiger partial charge is 0.416 e. The van der Waals surface area contributed by atoms with Crippen LogP contribution in [0.2, 0.25) is 0 Å². The zero-order valence-corrected chi connectivity index (χ0v) is 17.4. The van der Waals surface area contributed by atoms with Crippen molar-refractivity contribution in [1.29, 1.82) is 0 Å². The van der Waals surface area contributed by atoms with Gasteiger partial charge in [-0.15, -0.1) is 0 Å². The number of halogens is 3. The van der Waals surface area contributed by atoms with Crippen LogP contribution in [0.1, 0.15) is 21.7 Å². The van der Waals surface area contributed by atoms with Gasteiger partial charge in [-0.3, -0.25) is 9.69 Å². The van der Waals surface area contributed by atoms with Gasteiger partial charge in [0.1, 0.15) is 12.1 Å². The van der Waals surface area contributed by atoms with E-state index in [-0.39, 0.29) is 23.6 Å². The molecule has 0 radical (unpaired) electrons. The Balaban J connectivity index is 1.50. The van der Waals surface area contributed by atoms with Crippen LogP contribution in [0.25, 0.3) is 11.3 Å². The fraction of sp³-hybridized carbons (Fsp3) is 0.318. The first kappa shape index (κ1) is 22.0. The lowest BCUT2D eigenvalue weighted by Crippen LogP contribution is -2.44. The molecule has 2 aromatic heterocycles. The van der Waals surface area contributed by atoms with E-state index in [1.807, 2.05) is 11.9 Å². The van der Waals surface area contributed by atoms with Gasteiger partial charge in [-0.2, -0.15) is 13.2 Å². The Morgan fingerprint density at radius 2 is 1.81 bits per heavy atom. The monoisotopic (exact) mass is 445 g/mol. The molecular weight excluding hydrogens is 423 g/mol. The summed E-state index contributed by atoms with van der Waals surface area (Å²) in [6, 6.07) is 6.90. The number of aromatic nitrogens is 2. The van der Waals surface area contributed by atoms with Crippen LogP contribution in [0.3, 0.4) is 0 Å². The minimum absolute atomic E-state index is 0.0288. The van der Waals surface area contributed by atoms with E-state index in [4.69, 9.17) is 4.42 Å². The maximum Gasteiger partial charge on any atom is 0.416 e. The van der Waals surface area contributed by atoms with Gasteiger partial charge in [0.2, 0.25) is 0 Å². The second-order valence-corrected chi connectivity index (χ2v) is 7.69. The number of nitrogens with zero attached hydrogens (tertiary/aromatic N) is 4. The number of anilines is 1. The fourth-order valence-electron chi connectivity index (χ4n) is 3.54. The summed E-state index contributed by atoms with van der Waals surface area (Å²) in [5.74, 6) is -0.291. The van der Waals surface area contributed by atoms with Crippen LogP contribution < -0.4 is 5.32 Å². The lowest BCUT2D eigenvalue weighted by Gasteiger charge is -2.33. The molecule has 7 nitrogen and oxygen atoms in total. The Hall–Kier alpha value is -3.24. The molecule has 1 fully saturated rings. The predicted octanol–water partition coefficient (Wildman–Crippen LogP) is 3.76. The summed E-state index contributed by atoms with van der Waals surface area (Å²) in [5, 5.41) is 2.49. The lowest BCUT2D eigenvalue weighted by atomic mass is 10.0. The zero-order chi connectivity index (χ0) is 22.7. The summed E-state index contributed by atoms with van der Waals surface area (Å²) in [5.41, 5.74) is 0.0600. The van der Waals surface area contributed by atoms with Crippen LogP contribution in [-0.2, 0) is 12.7 Å². The van der Waals surface area contributed by atoms with Crippen molar-refractivity contribution in [2.45, 2.75) is 12.7 Å². The second kappa shape index (κ2) is 9.09. The summed E-state index contributed by atoms with van der Waals surface area (Å²) in [6.45, 7) is 3.25. The van der Waals surface area contributed by atoms with Crippen molar-refractivity contribution in [1.82, 2.24) is 19.8 Å². The molecule has 10 heteroatoms. The molecular formula is C22H22F3N5O2. The molecule has 1 aromatic carbocycles. The minimum atomic E-state index is -4.53. The van der Waals surface area contributed by atoms with E-state index in [1.165, 1.54) is 36.9 Å². The first-order valence-corrected chi connectivity index (χ1v) is 10.1. The topological polar surface area (TPSA) is 74.5 Å². The molecule has 0 unspecified atom stereocenters. The summed E-state index contributed by atoms with van der Waals surface area (Å²) in [7, 11) is 1.99. The molecule has 0 bridgehead atoms. The molecule has 1 aliphatic heterocycles. The number of likely N-dealkylation sites (N-methyl/N-ethyl adjacent to an activating group) is 1. The molecule has 4 rings (SSSR count). The number of hydrogen-bond acceptors (Lipinski definition) is 6. The van der Waals surface area contributed by atoms with Gasteiger partial charge in [-0.05, 0) is 36.9 Å². The van der Waals surface area contributed by atoms with Gasteiger partial charge in [0.25, 0.3) is 5.91 Å². The molecule has 0 atom stereocenters. The molecule has 1 saturated heterocycles. The quantitative estimate of drug-likeness (QED) is 0.645. The molecule has 1 N–H and O–H groups in total. The molecule has 0 saturated carbocycles. The molecule has 168 valence electrons. The van der Waals surface area contributed by atoms with E-state index in [1.54, 1.807) is 6.07 Å². The first-order valence-electron chi connectivity index (χ1n) is 10.1. The van der Waals surface area contributed by atoms with Gasteiger partial charge >= 0.3 is 6.18 Å². The summed E-state index contributed by atoms with van der Waals surface area (Å²) in [4.78, 5) is 24.4. The van der Waals surface area contributed by atoms with E-state index in [9.17, 15) is 18.0 Å². The van der Waals surface area contributed by atoms with Gasteiger partial charge in [-0.25, -0.2) is 9.97 Å². The van der Waals surface area contributed by atoms with E-state index in [0.29, 0.717) is 24.4 Å². The highest BCUT2D eigenvalue weighted by Gasteiger charge is 2.34. The van der Waals surface area contributed by atoms with Gasteiger partial charge in [0, 0.05) is 50.8 Å². The number of hydrogen-bond donors (Lipinski definition) is 1. The van der Waals surface area contributed by atoms with Crippen molar-refractivity contribution < 1.29 is 22.4 Å². The summed E-state index contributed by atoms with van der Waals surface area (Å²) >= 11 is 0. The summed E-state index contributed by atoms with van der Waals surface area (Å²) in [6.07, 6.45) is -0.107. The number of carbonyl (C=O) groups excluding carboxylic acids is 1. The number of furan rings is 1. The molecule has 0 spiro atoms. The zero-order valence-electron chi connectivity index (χ0n) is 17.4. The second-order valence-electron chi connectivity index (χ2n) is 7.69. The van der Waals surface area contributed by atoms with Crippen molar-refractivity contribution in [3.05, 3.63) is 65.9 Å². The maximum absolute atomic E-state index is 13.7. The van der Waals surface area contributed by atoms with E-state index >= 15 is 0 Å². The Kier molecular flexibility index (Phi) is 6.24. The maximum atomic E-state index is 13.7. The molecule has 3 heterocycles. The number of rotatable bonds is 5. The predicted molar refractivity (Wildman–Crippen MR) is 112 cm³/mol. The Bertz CT molecular complexity index is 1080. The van der Waals surface area contributed by atoms with Crippen molar-refractivity contribution in [2.75, 3.05) is 38.5 Å². The molecule has 32 heavy (non-hydrogen) atoms. The van der Waals surface area contributed by atoms with Crippen LogP contribution in [0.5, 0.6) is 0 Å². The third kappa shape index (κ3) is 5.14.